The molecule has 1 rings (SSSR count). The maximum absolute atomic E-state index is 12.9. The number of aliphatic hydroxyl groups excluding tert-OH is 5. The van der Waals surface area contributed by atoms with Gasteiger partial charge in [-0.3, -0.25) is 4.79 Å². The summed E-state index contributed by atoms with van der Waals surface area (Å²) in [6.45, 7) is 3.75. The predicted octanol–water partition coefficient (Wildman–Crippen LogP) is 9.50. The van der Waals surface area contributed by atoms with Crippen molar-refractivity contribution in [2.45, 2.75) is 249 Å². The van der Waals surface area contributed by atoms with E-state index >= 15 is 0 Å². The minimum atomic E-state index is -1.56. The van der Waals surface area contributed by atoms with Crippen LogP contribution in [0.5, 0.6) is 0 Å². The van der Waals surface area contributed by atoms with Crippen molar-refractivity contribution < 1.29 is 39.8 Å². The highest BCUT2D eigenvalue weighted by Gasteiger charge is 2.44. The van der Waals surface area contributed by atoms with Crippen molar-refractivity contribution in [3.63, 3.8) is 0 Å². The summed E-state index contributed by atoms with van der Waals surface area (Å²) in [5.41, 5.74) is 0. The van der Waals surface area contributed by atoms with Gasteiger partial charge >= 0.3 is 0 Å². The molecule has 0 aromatic carbocycles. The number of carbonyl (C=O) groups is 1. The molecule has 9 heteroatoms. The summed E-state index contributed by atoms with van der Waals surface area (Å²) in [6, 6.07) is -0.800. The van der Waals surface area contributed by atoms with Gasteiger partial charge in [-0.15, -0.1) is 0 Å². The van der Waals surface area contributed by atoms with Crippen molar-refractivity contribution >= 4 is 5.91 Å². The molecule has 0 spiro atoms. The van der Waals surface area contributed by atoms with Crippen molar-refractivity contribution in [1.82, 2.24) is 5.32 Å². The molecule has 0 aliphatic carbocycles. The number of hydrogen-bond acceptors (Lipinski definition) is 8. The fourth-order valence-corrected chi connectivity index (χ4v) is 7.27. The second kappa shape index (κ2) is 37.0. The molecule has 1 aliphatic heterocycles. The van der Waals surface area contributed by atoms with Crippen LogP contribution in [0.4, 0.5) is 0 Å². The number of unbranched alkanes of at least 4 members (excludes halogenated alkanes) is 26. The molecule has 1 amide bonds. The summed E-state index contributed by atoms with van der Waals surface area (Å²) in [4.78, 5) is 12.9. The zero-order valence-electron chi connectivity index (χ0n) is 35.4. The third kappa shape index (κ3) is 27.9. The van der Waals surface area contributed by atoms with Crippen LogP contribution >= 0.6 is 0 Å². The van der Waals surface area contributed by atoms with Crippen molar-refractivity contribution in [3.05, 3.63) is 24.3 Å². The van der Waals surface area contributed by atoms with Crippen LogP contribution < -0.4 is 5.32 Å². The normalized spacial score (nSPS) is 21.5. The minimum absolute atomic E-state index is 0.179. The highest BCUT2D eigenvalue weighted by Crippen LogP contribution is 2.22. The van der Waals surface area contributed by atoms with Crippen LogP contribution in [0.15, 0.2) is 24.3 Å². The summed E-state index contributed by atoms with van der Waals surface area (Å²) >= 11 is 0. The van der Waals surface area contributed by atoms with E-state index in [-0.39, 0.29) is 12.5 Å². The van der Waals surface area contributed by atoms with Crippen LogP contribution in [0.25, 0.3) is 0 Å². The molecular formula is C46H87NO8. The first-order chi connectivity index (χ1) is 26.8. The number of amides is 1. The molecule has 0 saturated carbocycles. The first-order valence-electron chi connectivity index (χ1n) is 23.1. The molecule has 0 aromatic heterocycles. The zero-order chi connectivity index (χ0) is 40.2. The molecule has 0 radical (unpaired) electrons. The van der Waals surface area contributed by atoms with Gasteiger partial charge in [0.2, 0.25) is 5.91 Å². The predicted molar refractivity (Wildman–Crippen MR) is 226 cm³/mol. The first-order valence-corrected chi connectivity index (χ1v) is 23.1. The van der Waals surface area contributed by atoms with Gasteiger partial charge in [0.15, 0.2) is 6.29 Å². The van der Waals surface area contributed by atoms with Gasteiger partial charge in [-0.25, -0.2) is 0 Å². The number of allylic oxidation sites excluding steroid dienone is 3. The monoisotopic (exact) mass is 782 g/mol. The molecule has 6 N–H and O–H groups in total. The molecular weight excluding hydrogens is 695 g/mol. The molecule has 1 saturated heterocycles. The largest absolute Gasteiger partial charge is 0.394 e. The molecule has 1 aliphatic rings. The van der Waals surface area contributed by atoms with Crippen molar-refractivity contribution in [3.8, 4) is 0 Å². The van der Waals surface area contributed by atoms with Gasteiger partial charge in [-0.05, 0) is 44.9 Å². The molecule has 7 unspecified atom stereocenters. The highest BCUT2D eigenvalue weighted by molar-refractivity contribution is 5.76. The number of ether oxygens (including phenoxy) is 2. The van der Waals surface area contributed by atoms with E-state index in [4.69, 9.17) is 9.47 Å². The fourth-order valence-electron chi connectivity index (χ4n) is 7.27. The second-order valence-electron chi connectivity index (χ2n) is 16.2. The van der Waals surface area contributed by atoms with E-state index in [1.54, 1.807) is 6.08 Å². The lowest BCUT2D eigenvalue weighted by atomic mass is 9.99. The molecule has 7 atom stereocenters. The van der Waals surface area contributed by atoms with E-state index in [1.165, 1.54) is 148 Å². The van der Waals surface area contributed by atoms with Gasteiger partial charge in [-0.1, -0.05) is 179 Å². The van der Waals surface area contributed by atoms with Crippen LogP contribution in [0.2, 0.25) is 0 Å². The Morgan fingerprint density at radius 3 is 1.47 bits per heavy atom. The Hall–Kier alpha value is -1.33. The maximum atomic E-state index is 12.9. The van der Waals surface area contributed by atoms with Gasteiger partial charge in [0, 0.05) is 6.42 Å². The van der Waals surface area contributed by atoms with Gasteiger partial charge < -0.3 is 40.3 Å². The van der Waals surface area contributed by atoms with E-state index in [0.29, 0.717) is 6.42 Å². The highest BCUT2D eigenvalue weighted by atomic mass is 16.7. The van der Waals surface area contributed by atoms with Crippen LogP contribution in [0.1, 0.15) is 206 Å². The van der Waals surface area contributed by atoms with E-state index in [9.17, 15) is 30.3 Å². The number of carbonyl (C=O) groups excluding carboxylic acids is 1. The minimum Gasteiger partial charge on any atom is -0.394 e. The quantitative estimate of drug-likeness (QED) is 0.0268. The molecule has 1 fully saturated rings. The summed E-state index contributed by atoms with van der Waals surface area (Å²) in [5.74, 6) is -0.179. The molecule has 0 aromatic rings. The second-order valence-corrected chi connectivity index (χ2v) is 16.2. The lowest BCUT2D eigenvalue weighted by Crippen LogP contribution is -2.60. The summed E-state index contributed by atoms with van der Waals surface area (Å²) in [5, 5.41) is 54.1. The average Bonchev–Trinajstić information content (AvgIpc) is 3.18. The van der Waals surface area contributed by atoms with Crippen molar-refractivity contribution in [2.24, 2.45) is 0 Å². The Morgan fingerprint density at radius 2 is 1.02 bits per heavy atom. The van der Waals surface area contributed by atoms with E-state index in [2.05, 4.69) is 31.3 Å². The lowest BCUT2D eigenvalue weighted by Gasteiger charge is -2.40. The van der Waals surface area contributed by atoms with Crippen LogP contribution in [-0.2, 0) is 14.3 Å². The van der Waals surface area contributed by atoms with Gasteiger partial charge in [0.25, 0.3) is 0 Å². The smallest absolute Gasteiger partial charge is 0.220 e. The molecule has 324 valence electrons. The van der Waals surface area contributed by atoms with Gasteiger partial charge in [-0.2, -0.15) is 0 Å². The molecule has 9 nitrogen and oxygen atoms in total. The Bertz CT molecular complexity index is 914. The number of hydrogen-bond donors (Lipinski definition) is 6. The summed E-state index contributed by atoms with van der Waals surface area (Å²) < 4.78 is 11.2. The number of nitrogens with one attached hydrogen (secondary N) is 1. The molecule has 1 heterocycles. The fraction of sp³-hybridized carbons (Fsp3) is 0.891. The third-order valence-electron chi connectivity index (χ3n) is 11.0. The SMILES string of the molecule is CCCCCCCCC=CCCCCCCCCCCCCCC(=O)NC(COC1OC(CO)C(O)C(O)C1O)C(O)C=CCCCCCCCCCCC. The maximum Gasteiger partial charge on any atom is 0.220 e. The Kier molecular flexibility index (Phi) is 34.7. The van der Waals surface area contributed by atoms with E-state index in [0.717, 1.165) is 38.5 Å². The van der Waals surface area contributed by atoms with Crippen molar-refractivity contribution in [1.29, 1.82) is 0 Å². The Morgan fingerprint density at radius 1 is 0.600 bits per heavy atom. The van der Waals surface area contributed by atoms with Gasteiger partial charge in [0.05, 0.1) is 25.4 Å². The number of aliphatic hydroxyl groups is 5. The molecule has 0 bridgehead atoms. The molecule has 55 heavy (non-hydrogen) atoms. The summed E-state index contributed by atoms with van der Waals surface area (Å²) in [7, 11) is 0. The van der Waals surface area contributed by atoms with Crippen molar-refractivity contribution in [2.75, 3.05) is 13.2 Å². The third-order valence-corrected chi connectivity index (χ3v) is 11.0. The van der Waals surface area contributed by atoms with E-state index in [1.807, 2.05) is 6.08 Å². The standard InChI is InChI=1S/C46H87NO8/c1-3-5-7-9-11-13-15-16-17-18-19-20-21-22-23-24-26-28-30-32-34-36-42(50)47-39(38-54-46-45(53)44(52)43(51)41(37-48)55-46)40(49)35-33-31-29-27-25-14-12-10-8-6-4-2/h16-17,33,35,39-41,43-46,48-49,51-53H,3-15,18-32,34,36-38H2,1-2H3,(H,47,50). The Labute approximate surface area is 337 Å². The average molecular weight is 782 g/mol. The van der Waals surface area contributed by atoms with Crippen LogP contribution in [0, 0.1) is 0 Å². The van der Waals surface area contributed by atoms with Crippen LogP contribution in [0.3, 0.4) is 0 Å². The Balaban J connectivity index is 2.29. The van der Waals surface area contributed by atoms with Crippen LogP contribution in [-0.4, -0.2) is 87.5 Å². The van der Waals surface area contributed by atoms with Gasteiger partial charge in [0.1, 0.15) is 24.4 Å². The lowest BCUT2D eigenvalue weighted by molar-refractivity contribution is -0.302. The van der Waals surface area contributed by atoms with E-state index < -0.39 is 49.5 Å². The summed E-state index contributed by atoms with van der Waals surface area (Å²) in [6.07, 6.45) is 36.5. The topological polar surface area (TPSA) is 149 Å². The zero-order valence-corrected chi connectivity index (χ0v) is 35.4. The number of rotatable bonds is 38. The first kappa shape index (κ1) is 51.7.